The summed E-state index contributed by atoms with van der Waals surface area (Å²) in [7, 11) is -3.47. The Kier molecular flexibility index (Phi) is 8.02. The topological polar surface area (TPSA) is 196 Å². The number of sulfonamides is 1. The van der Waals surface area contributed by atoms with E-state index in [1.54, 1.807) is 16.7 Å². The lowest BCUT2D eigenvalue weighted by Gasteiger charge is -2.14. The van der Waals surface area contributed by atoms with Gasteiger partial charge in [-0.2, -0.15) is 10.2 Å². The molecular weight excluding hydrogens is 530 g/mol. The first-order chi connectivity index (χ1) is 19.1. The molecule has 0 saturated carbocycles. The molecule has 13 heteroatoms. The van der Waals surface area contributed by atoms with Crippen molar-refractivity contribution in [3.8, 4) is 22.9 Å². The monoisotopic (exact) mass is 555 g/mol. The lowest BCUT2D eigenvalue weighted by Crippen LogP contribution is -2.24. The van der Waals surface area contributed by atoms with Gasteiger partial charge >= 0.3 is 0 Å². The van der Waals surface area contributed by atoms with Crippen LogP contribution in [0.5, 0.6) is 0 Å². The predicted octanol–water partition coefficient (Wildman–Crippen LogP) is 2.89. The second-order valence-corrected chi connectivity index (χ2v) is 10.2. The first kappa shape index (κ1) is 27.7. The average Bonchev–Trinajstić information content (AvgIpc) is 2.92. The molecule has 202 valence electrons. The van der Waals surface area contributed by atoms with E-state index in [1.807, 2.05) is 61.5 Å². The molecule has 0 aliphatic rings. The number of benzene rings is 2. The van der Waals surface area contributed by atoms with Crippen molar-refractivity contribution in [3.05, 3.63) is 94.8 Å². The Bertz CT molecular complexity index is 1900. The number of nitrogen functional groups attached to an aromatic ring is 2. The molecule has 40 heavy (non-hydrogen) atoms. The molecule has 0 fully saturated rings. The smallest absolute Gasteiger partial charge is 0.266 e. The number of nitrogens with zero attached hydrogens (tertiary/aromatic N) is 6. The molecule has 5 N–H and O–H groups in total. The molecule has 5 rings (SSSR count). The van der Waals surface area contributed by atoms with Crippen molar-refractivity contribution in [3.63, 3.8) is 0 Å². The summed E-state index contributed by atoms with van der Waals surface area (Å²) in [5, 5.41) is 8.83. The Hall–Kier alpha value is -5.35. The van der Waals surface area contributed by atoms with E-state index in [-0.39, 0.29) is 28.7 Å². The van der Waals surface area contributed by atoms with Crippen LogP contribution in [0.2, 0.25) is 0 Å². The van der Waals surface area contributed by atoms with E-state index in [9.17, 15) is 13.2 Å². The normalized spacial score (nSPS) is 10.8. The van der Waals surface area contributed by atoms with E-state index in [4.69, 9.17) is 21.7 Å². The summed E-state index contributed by atoms with van der Waals surface area (Å²) in [6.45, 7) is 1.96. The molecule has 3 aromatic heterocycles. The number of nitrogens with one attached hydrogen (secondary N) is 1. The maximum absolute atomic E-state index is 13.6. The molecule has 0 spiro atoms. The summed E-state index contributed by atoms with van der Waals surface area (Å²) in [6.07, 6.45) is 4.46. The summed E-state index contributed by atoms with van der Waals surface area (Å²) >= 11 is 0. The van der Waals surface area contributed by atoms with Crippen molar-refractivity contribution in [1.82, 2.24) is 24.5 Å². The number of para-hydroxylation sites is 1. The number of rotatable bonds is 5. The highest BCUT2D eigenvalue weighted by molar-refractivity contribution is 7.92. The average molecular weight is 556 g/mol. The second kappa shape index (κ2) is 11.6. The van der Waals surface area contributed by atoms with E-state index in [0.717, 1.165) is 11.9 Å². The van der Waals surface area contributed by atoms with Gasteiger partial charge in [-0.15, -0.1) is 0 Å². The SMILES string of the molecule is CCc1nc2cccc(-c3ccnc(NS(C)(=O)=O)c3)c2c(=O)n1-c1ccccc1.N#Cc1cnc(N)nc1N. The van der Waals surface area contributed by atoms with Crippen LogP contribution in [-0.4, -0.2) is 39.2 Å². The largest absolute Gasteiger partial charge is 0.382 e. The maximum atomic E-state index is 13.6. The highest BCUT2D eigenvalue weighted by atomic mass is 32.2. The van der Waals surface area contributed by atoms with Gasteiger partial charge in [-0.1, -0.05) is 37.3 Å². The maximum Gasteiger partial charge on any atom is 0.266 e. The summed E-state index contributed by atoms with van der Waals surface area (Å²) in [4.78, 5) is 29.5. The lowest BCUT2D eigenvalue weighted by atomic mass is 10.0. The Morgan fingerprint density at radius 1 is 1.02 bits per heavy atom. The van der Waals surface area contributed by atoms with Gasteiger partial charge in [0.25, 0.3) is 5.56 Å². The van der Waals surface area contributed by atoms with E-state index < -0.39 is 10.0 Å². The minimum Gasteiger partial charge on any atom is -0.382 e. The molecule has 0 aliphatic carbocycles. The van der Waals surface area contributed by atoms with Crippen molar-refractivity contribution in [1.29, 1.82) is 5.26 Å². The number of nitriles is 1. The van der Waals surface area contributed by atoms with Crippen molar-refractivity contribution in [2.75, 3.05) is 22.4 Å². The quantitative estimate of drug-likeness (QED) is 0.290. The van der Waals surface area contributed by atoms with Gasteiger partial charge in [-0.05, 0) is 41.5 Å². The van der Waals surface area contributed by atoms with Crippen molar-refractivity contribution in [2.45, 2.75) is 13.3 Å². The van der Waals surface area contributed by atoms with E-state index in [0.29, 0.717) is 34.3 Å². The van der Waals surface area contributed by atoms with Crippen LogP contribution in [0.3, 0.4) is 0 Å². The standard InChI is InChI=1S/C22H20N4O3S.C5H5N5/c1-3-20-24-18-11-7-10-17(15-12-13-23-19(14-15)25-30(2,28)29)21(18)22(27)26(20)16-8-5-4-6-9-16;6-1-3-2-9-5(8)10-4(3)7/h4-14H,3H2,1-2H3,(H,23,25);2H,(H4,7,8,9,10). The fraction of sp³-hybridized carbons (Fsp3) is 0.111. The van der Waals surface area contributed by atoms with Crippen molar-refractivity contribution < 1.29 is 8.42 Å². The van der Waals surface area contributed by atoms with Gasteiger partial charge in [-0.25, -0.2) is 23.4 Å². The zero-order chi connectivity index (χ0) is 28.9. The highest BCUT2D eigenvalue weighted by Gasteiger charge is 2.16. The van der Waals surface area contributed by atoms with Gasteiger partial charge in [0.1, 0.15) is 29.1 Å². The third-order valence-corrected chi connectivity index (χ3v) is 6.20. The zero-order valence-corrected chi connectivity index (χ0v) is 22.4. The Morgan fingerprint density at radius 2 is 1.77 bits per heavy atom. The molecule has 0 amide bonds. The van der Waals surface area contributed by atoms with E-state index in [2.05, 4.69) is 19.7 Å². The molecule has 0 aliphatic heterocycles. The molecule has 0 unspecified atom stereocenters. The third-order valence-electron chi connectivity index (χ3n) is 5.62. The summed E-state index contributed by atoms with van der Waals surface area (Å²) < 4.78 is 27.1. The molecule has 0 bridgehead atoms. The van der Waals surface area contributed by atoms with E-state index in [1.165, 1.54) is 12.4 Å². The Balaban J connectivity index is 0.000000312. The number of hydrogen-bond acceptors (Lipinski definition) is 10. The zero-order valence-electron chi connectivity index (χ0n) is 21.6. The molecular formula is C27H25N9O3S. The number of hydrogen-bond donors (Lipinski definition) is 3. The summed E-state index contributed by atoms with van der Waals surface area (Å²) in [6, 6.07) is 20.0. The molecule has 0 saturated heterocycles. The fourth-order valence-electron chi connectivity index (χ4n) is 3.94. The lowest BCUT2D eigenvalue weighted by molar-refractivity contribution is 0.606. The Labute approximate surface area is 230 Å². The molecule has 3 heterocycles. The van der Waals surface area contributed by atoms with Gasteiger partial charge in [0.05, 0.1) is 29.0 Å². The summed E-state index contributed by atoms with van der Waals surface area (Å²) in [5.41, 5.74) is 13.2. The van der Waals surface area contributed by atoms with E-state index >= 15 is 0 Å². The number of anilines is 3. The number of aryl methyl sites for hydroxylation is 1. The van der Waals surface area contributed by atoms with Gasteiger partial charge in [0.2, 0.25) is 16.0 Å². The second-order valence-electron chi connectivity index (χ2n) is 8.50. The summed E-state index contributed by atoms with van der Waals surface area (Å²) in [5.74, 6) is 1.06. The van der Waals surface area contributed by atoms with Crippen LogP contribution in [0, 0.1) is 11.3 Å². The van der Waals surface area contributed by atoms with Crippen LogP contribution in [0.1, 0.15) is 18.3 Å². The number of pyridine rings is 1. The molecule has 5 aromatic rings. The van der Waals surface area contributed by atoms with Crippen LogP contribution in [0.15, 0.2) is 77.9 Å². The van der Waals surface area contributed by atoms with Crippen LogP contribution < -0.4 is 21.7 Å². The van der Waals surface area contributed by atoms with Crippen molar-refractivity contribution >= 4 is 38.5 Å². The minimum absolute atomic E-state index is 0.0801. The number of nitrogens with two attached hydrogens (primary N) is 2. The van der Waals surface area contributed by atoms with Gasteiger partial charge in [0.15, 0.2) is 0 Å². The van der Waals surface area contributed by atoms with Gasteiger partial charge in [0, 0.05) is 12.6 Å². The van der Waals surface area contributed by atoms with Crippen LogP contribution in [0.25, 0.3) is 27.7 Å². The minimum atomic E-state index is -3.47. The molecule has 0 radical (unpaired) electrons. The number of fused-ring (bicyclic) bond motifs is 1. The van der Waals surface area contributed by atoms with Crippen LogP contribution >= 0.6 is 0 Å². The van der Waals surface area contributed by atoms with Crippen molar-refractivity contribution in [2.24, 2.45) is 0 Å². The first-order valence-electron chi connectivity index (χ1n) is 11.9. The molecule has 0 atom stereocenters. The third kappa shape index (κ3) is 6.20. The number of aromatic nitrogens is 5. The molecule has 12 nitrogen and oxygen atoms in total. The molecule has 2 aromatic carbocycles. The van der Waals surface area contributed by atoms with Gasteiger partial charge < -0.3 is 11.5 Å². The predicted molar refractivity (Wildman–Crippen MR) is 154 cm³/mol. The Morgan fingerprint density at radius 3 is 2.42 bits per heavy atom. The van der Waals surface area contributed by atoms with Crippen LogP contribution in [0.4, 0.5) is 17.6 Å². The highest BCUT2D eigenvalue weighted by Crippen LogP contribution is 2.28. The fourth-order valence-corrected chi connectivity index (χ4v) is 4.43. The van der Waals surface area contributed by atoms with Gasteiger partial charge in [-0.3, -0.25) is 14.1 Å². The van der Waals surface area contributed by atoms with Crippen LogP contribution in [-0.2, 0) is 16.4 Å². The first-order valence-corrected chi connectivity index (χ1v) is 13.8.